The first-order valence-electron chi connectivity index (χ1n) is 6.31. The van der Waals surface area contributed by atoms with Gasteiger partial charge in [-0.1, -0.05) is 6.92 Å². The van der Waals surface area contributed by atoms with Gasteiger partial charge in [-0.2, -0.15) is 5.10 Å². The van der Waals surface area contributed by atoms with E-state index >= 15 is 0 Å². The van der Waals surface area contributed by atoms with E-state index in [4.69, 9.17) is 0 Å². The summed E-state index contributed by atoms with van der Waals surface area (Å²) in [6.07, 6.45) is 3.17. The second kappa shape index (κ2) is 5.73. The molecule has 0 bridgehead atoms. The third-order valence-corrected chi connectivity index (χ3v) is 3.94. The number of aryl methyl sites for hydroxylation is 1. The van der Waals surface area contributed by atoms with Crippen LogP contribution in [0, 0.1) is 0 Å². The highest BCUT2D eigenvalue weighted by atomic mass is 79.9. The molecule has 1 aromatic heterocycles. The van der Waals surface area contributed by atoms with Crippen LogP contribution in [-0.2, 0) is 11.3 Å². The first-order chi connectivity index (χ1) is 9.04. The van der Waals surface area contributed by atoms with Gasteiger partial charge >= 0.3 is 0 Å². The van der Waals surface area contributed by atoms with Gasteiger partial charge in [0.2, 0.25) is 5.91 Å². The summed E-state index contributed by atoms with van der Waals surface area (Å²) in [5, 5.41) is 7.19. The van der Waals surface area contributed by atoms with Crippen LogP contribution in [0.3, 0.4) is 0 Å². The van der Waals surface area contributed by atoms with Crippen molar-refractivity contribution in [2.75, 3.05) is 18.9 Å². The number of nitrogens with one attached hydrogen (secondary N) is 1. The first kappa shape index (κ1) is 14.0. The van der Waals surface area contributed by atoms with Crippen LogP contribution < -0.4 is 10.9 Å². The third-order valence-electron chi connectivity index (χ3n) is 3.18. The molecule has 6 nitrogen and oxygen atoms in total. The highest BCUT2D eigenvalue weighted by molar-refractivity contribution is 9.10. The standard InChI is InChI=1S/C12H17BrN4O2/c1-3-5-17-12(19)10(13)9(7-14-17)15-8-4-6-16(2)11(8)18/h7-8,15H,3-6H2,1-2H3. The van der Waals surface area contributed by atoms with Gasteiger partial charge in [-0.25, -0.2) is 4.68 Å². The van der Waals surface area contributed by atoms with Crippen LogP contribution in [0.1, 0.15) is 19.8 Å². The molecule has 1 aromatic rings. The Kier molecular flexibility index (Phi) is 4.24. The van der Waals surface area contributed by atoms with Crippen molar-refractivity contribution in [3.05, 3.63) is 21.0 Å². The van der Waals surface area contributed by atoms with E-state index in [0.717, 1.165) is 19.4 Å². The Bertz CT molecular complexity index is 543. The molecule has 2 rings (SSSR count). The quantitative estimate of drug-likeness (QED) is 0.897. The normalized spacial score (nSPS) is 19.0. The molecule has 0 saturated carbocycles. The fourth-order valence-corrected chi connectivity index (χ4v) is 2.50. The number of carbonyl (C=O) groups is 1. The van der Waals surface area contributed by atoms with E-state index in [1.54, 1.807) is 18.1 Å². The summed E-state index contributed by atoms with van der Waals surface area (Å²) >= 11 is 3.28. The summed E-state index contributed by atoms with van der Waals surface area (Å²) in [4.78, 5) is 25.5. The second-order valence-corrected chi connectivity index (χ2v) is 5.44. The minimum atomic E-state index is -0.274. The van der Waals surface area contributed by atoms with E-state index in [9.17, 15) is 9.59 Å². The van der Waals surface area contributed by atoms with Gasteiger partial charge in [-0.05, 0) is 28.8 Å². The number of aromatic nitrogens is 2. The Morgan fingerprint density at radius 1 is 1.53 bits per heavy atom. The summed E-state index contributed by atoms with van der Waals surface area (Å²) in [5.74, 6) is 0.0460. The molecular weight excluding hydrogens is 312 g/mol. The van der Waals surface area contributed by atoms with Crippen LogP contribution in [0.25, 0.3) is 0 Å². The third kappa shape index (κ3) is 2.80. The molecule has 1 aliphatic rings. The Balaban J connectivity index is 2.20. The fourth-order valence-electron chi connectivity index (χ4n) is 2.08. The monoisotopic (exact) mass is 328 g/mol. The highest BCUT2D eigenvalue weighted by Crippen LogP contribution is 2.20. The summed E-state index contributed by atoms with van der Waals surface area (Å²) in [7, 11) is 1.77. The lowest BCUT2D eigenvalue weighted by molar-refractivity contribution is -0.127. The number of rotatable bonds is 4. The maximum Gasteiger partial charge on any atom is 0.283 e. The van der Waals surface area contributed by atoms with Crippen LogP contribution in [0.2, 0.25) is 0 Å². The number of halogens is 1. The largest absolute Gasteiger partial charge is 0.371 e. The van der Waals surface area contributed by atoms with E-state index in [0.29, 0.717) is 16.7 Å². The van der Waals surface area contributed by atoms with Crippen molar-refractivity contribution in [2.24, 2.45) is 0 Å². The topological polar surface area (TPSA) is 67.2 Å². The molecule has 1 amide bonds. The number of hydrogen-bond acceptors (Lipinski definition) is 4. The van der Waals surface area contributed by atoms with Crippen molar-refractivity contribution in [3.63, 3.8) is 0 Å². The summed E-state index contributed by atoms with van der Waals surface area (Å²) in [5.41, 5.74) is 0.400. The van der Waals surface area contributed by atoms with Crippen LogP contribution in [0.15, 0.2) is 15.5 Å². The van der Waals surface area contributed by atoms with Crippen molar-refractivity contribution in [1.29, 1.82) is 0 Å². The molecular formula is C12H17BrN4O2. The van der Waals surface area contributed by atoms with Crippen molar-refractivity contribution in [1.82, 2.24) is 14.7 Å². The molecule has 1 N–H and O–H groups in total. The maximum atomic E-state index is 12.0. The van der Waals surface area contributed by atoms with Gasteiger partial charge in [0, 0.05) is 20.1 Å². The SMILES string of the molecule is CCCn1ncc(NC2CCN(C)C2=O)c(Br)c1=O. The van der Waals surface area contributed by atoms with Crippen molar-refractivity contribution < 1.29 is 4.79 Å². The smallest absolute Gasteiger partial charge is 0.283 e. The van der Waals surface area contributed by atoms with Gasteiger partial charge in [0.15, 0.2) is 0 Å². The zero-order chi connectivity index (χ0) is 14.0. The fraction of sp³-hybridized carbons (Fsp3) is 0.583. The first-order valence-corrected chi connectivity index (χ1v) is 7.11. The average Bonchev–Trinajstić information content (AvgIpc) is 2.70. The molecule has 1 aliphatic heterocycles. The van der Waals surface area contributed by atoms with E-state index in [1.807, 2.05) is 6.92 Å². The summed E-state index contributed by atoms with van der Waals surface area (Å²) in [6.45, 7) is 3.30. The van der Waals surface area contributed by atoms with Gasteiger partial charge < -0.3 is 10.2 Å². The number of likely N-dealkylation sites (tertiary alicyclic amines) is 1. The molecule has 1 fully saturated rings. The Morgan fingerprint density at radius 2 is 2.26 bits per heavy atom. The molecule has 7 heteroatoms. The van der Waals surface area contributed by atoms with Gasteiger partial charge in [0.25, 0.3) is 5.56 Å². The molecule has 0 radical (unpaired) electrons. The molecule has 2 heterocycles. The molecule has 0 spiro atoms. The van der Waals surface area contributed by atoms with Gasteiger partial charge in [-0.15, -0.1) is 0 Å². The van der Waals surface area contributed by atoms with Crippen LogP contribution >= 0.6 is 15.9 Å². The van der Waals surface area contributed by atoms with E-state index in [1.165, 1.54) is 4.68 Å². The Labute approximate surface area is 119 Å². The van der Waals surface area contributed by atoms with Crippen molar-refractivity contribution >= 4 is 27.5 Å². The van der Waals surface area contributed by atoms with Crippen molar-refractivity contribution in [2.45, 2.75) is 32.4 Å². The molecule has 1 atom stereocenters. The molecule has 1 saturated heterocycles. The minimum Gasteiger partial charge on any atom is -0.371 e. The van der Waals surface area contributed by atoms with Crippen LogP contribution in [0.4, 0.5) is 5.69 Å². The maximum absolute atomic E-state index is 12.0. The summed E-state index contributed by atoms with van der Waals surface area (Å²) < 4.78 is 1.84. The predicted molar refractivity (Wildman–Crippen MR) is 76.2 cm³/mol. The Hall–Kier alpha value is -1.37. The number of hydrogen-bond donors (Lipinski definition) is 1. The summed E-state index contributed by atoms with van der Waals surface area (Å²) in [6, 6.07) is -0.274. The number of nitrogens with zero attached hydrogens (tertiary/aromatic N) is 3. The van der Waals surface area contributed by atoms with Crippen molar-refractivity contribution in [3.8, 4) is 0 Å². The highest BCUT2D eigenvalue weighted by Gasteiger charge is 2.29. The molecule has 0 aliphatic carbocycles. The Morgan fingerprint density at radius 3 is 2.84 bits per heavy atom. The molecule has 0 aromatic carbocycles. The lowest BCUT2D eigenvalue weighted by Gasteiger charge is -2.14. The minimum absolute atomic E-state index is 0.0460. The molecule has 104 valence electrons. The number of likely N-dealkylation sites (N-methyl/N-ethyl adjacent to an activating group) is 1. The number of carbonyl (C=O) groups excluding carboxylic acids is 1. The zero-order valence-electron chi connectivity index (χ0n) is 11.0. The lowest BCUT2D eigenvalue weighted by atomic mass is 10.2. The number of amides is 1. The van der Waals surface area contributed by atoms with E-state index < -0.39 is 0 Å². The van der Waals surface area contributed by atoms with E-state index in [-0.39, 0.29) is 17.5 Å². The van der Waals surface area contributed by atoms with E-state index in [2.05, 4.69) is 26.3 Å². The number of anilines is 1. The average molecular weight is 329 g/mol. The zero-order valence-corrected chi connectivity index (χ0v) is 12.6. The van der Waals surface area contributed by atoms with Crippen LogP contribution in [-0.4, -0.2) is 40.2 Å². The molecule has 1 unspecified atom stereocenters. The van der Waals surface area contributed by atoms with Crippen LogP contribution in [0.5, 0.6) is 0 Å². The molecule has 19 heavy (non-hydrogen) atoms. The van der Waals surface area contributed by atoms with Gasteiger partial charge in [0.1, 0.15) is 10.5 Å². The predicted octanol–water partition coefficient (Wildman–Crippen LogP) is 1.06. The van der Waals surface area contributed by atoms with Gasteiger partial charge in [-0.3, -0.25) is 9.59 Å². The second-order valence-electron chi connectivity index (χ2n) is 4.65. The lowest BCUT2D eigenvalue weighted by Crippen LogP contribution is -2.32. The van der Waals surface area contributed by atoms with Gasteiger partial charge in [0.05, 0.1) is 11.9 Å².